The summed E-state index contributed by atoms with van der Waals surface area (Å²) in [6.07, 6.45) is 4.38. The number of nitrogens with one attached hydrogen (secondary N) is 2. The van der Waals surface area contributed by atoms with Crippen LogP contribution >= 0.6 is 0 Å². The van der Waals surface area contributed by atoms with Gasteiger partial charge in [-0.3, -0.25) is 15.0 Å². The van der Waals surface area contributed by atoms with Gasteiger partial charge in [-0.1, -0.05) is 18.2 Å². The van der Waals surface area contributed by atoms with Crippen molar-refractivity contribution in [1.29, 1.82) is 0 Å². The summed E-state index contributed by atoms with van der Waals surface area (Å²) in [7, 11) is 0. The molecule has 1 saturated heterocycles. The number of amides is 1. The zero-order chi connectivity index (χ0) is 22.1. The van der Waals surface area contributed by atoms with Crippen LogP contribution in [0.1, 0.15) is 24.4 Å². The third-order valence-corrected chi connectivity index (χ3v) is 5.37. The van der Waals surface area contributed by atoms with E-state index in [1.54, 1.807) is 52.1 Å². The highest BCUT2D eigenvalue weighted by molar-refractivity contribution is 5.76. The van der Waals surface area contributed by atoms with Gasteiger partial charge in [0, 0.05) is 24.8 Å². The third kappa shape index (κ3) is 3.77. The van der Waals surface area contributed by atoms with E-state index in [1.165, 1.54) is 6.07 Å². The van der Waals surface area contributed by atoms with E-state index in [0.717, 1.165) is 17.7 Å². The SMILES string of the molecule is O=C1CCC(c2ccc(-n3nccc3-c3nn(-c4cccc(O)c4)ccc3=O)cc2)NN1. The summed E-state index contributed by atoms with van der Waals surface area (Å²) in [6, 6.07) is 17.6. The molecule has 9 nitrogen and oxygen atoms in total. The number of phenols is 1. The molecule has 0 radical (unpaired) electrons. The van der Waals surface area contributed by atoms with Crippen LogP contribution in [0.4, 0.5) is 0 Å². The standard InChI is InChI=1S/C23H20N6O3/c30-18-3-1-2-17(14-18)28-13-11-21(31)23(27-28)20-10-12-24-29(20)16-6-4-15(5-7-16)19-8-9-22(32)26-25-19/h1-7,10-14,19,25,30H,8-9H2,(H,26,32). The maximum absolute atomic E-state index is 12.6. The number of aromatic nitrogens is 4. The number of nitrogens with zero attached hydrogens (tertiary/aromatic N) is 4. The highest BCUT2D eigenvalue weighted by Crippen LogP contribution is 2.24. The van der Waals surface area contributed by atoms with E-state index in [-0.39, 0.29) is 28.8 Å². The first-order chi connectivity index (χ1) is 15.6. The largest absolute Gasteiger partial charge is 0.508 e. The second-order valence-electron chi connectivity index (χ2n) is 7.50. The Morgan fingerprint density at radius 2 is 1.84 bits per heavy atom. The molecule has 2 aromatic heterocycles. The fourth-order valence-electron chi connectivity index (χ4n) is 3.73. The van der Waals surface area contributed by atoms with Crippen molar-refractivity contribution < 1.29 is 9.90 Å². The Labute approximate surface area is 182 Å². The highest BCUT2D eigenvalue weighted by Gasteiger charge is 2.19. The number of aromatic hydroxyl groups is 1. The third-order valence-electron chi connectivity index (χ3n) is 5.37. The van der Waals surface area contributed by atoms with Crippen molar-refractivity contribution in [2.75, 3.05) is 0 Å². The summed E-state index contributed by atoms with van der Waals surface area (Å²) < 4.78 is 3.20. The minimum Gasteiger partial charge on any atom is -0.508 e. The summed E-state index contributed by atoms with van der Waals surface area (Å²) in [6.45, 7) is 0. The van der Waals surface area contributed by atoms with Gasteiger partial charge in [-0.25, -0.2) is 14.8 Å². The van der Waals surface area contributed by atoms with Gasteiger partial charge in [-0.15, -0.1) is 0 Å². The fraction of sp³-hybridized carbons (Fsp3) is 0.130. The molecule has 160 valence electrons. The number of carbonyl (C=O) groups excluding carboxylic acids is 1. The van der Waals surface area contributed by atoms with E-state index >= 15 is 0 Å². The number of hydrogen-bond donors (Lipinski definition) is 3. The molecule has 9 heteroatoms. The normalized spacial score (nSPS) is 16.0. The first-order valence-electron chi connectivity index (χ1n) is 10.2. The van der Waals surface area contributed by atoms with Gasteiger partial charge in [0.1, 0.15) is 5.75 Å². The van der Waals surface area contributed by atoms with E-state index in [0.29, 0.717) is 17.8 Å². The van der Waals surface area contributed by atoms with Crippen molar-refractivity contribution in [3.05, 3.63) is 88.8 Å². The van der Waals surface area contributed by atoms with E-state index < -0.39 is 0 Å². The Bertz CT molecular complexity index is 1330. The maximum atomic E-state index is 12.6. The number of benzene rings is 2. The smallest absolute Gasteiger partial charge is 0.234 e. The molecule has 1 atom stereocenters. The van der Waals surface area contributed by atoms with Crippen LogP contribution in [0.2, 0.25) is 0 Å². The Balaban J connectivity index is 1.48. The van der Waals surface area contributed by atoms with Gasteiger partial charge in [-0.2, -0.15) is 10.2 Å². The Hall–Kier alpha value is -4.24. The molecule has 1 amide bonds. The van der Waals surface area contributed by atoms with Crippen molar-refractivity contribution in [3.63, 3.8) is 0 Å². The Morgan fingerprint density at radius 3 is 2.59 bits per heavy atom. The topological polar surface area (TPSA) is 114 Å². The van der Waals surface area contributed by atoms with Gasteiger partial charge in [0.05, 0.1) is 29.3 Å². The second-order valence-corrected chi connectivity index (χ2v) is 7.50. The molecule has 1 aliphatic rings. The lowest BCUT2D eigenvalue weighted by atomic mass is 10.0. The lowest BCUT2D eigenvalue weighted by Gasteiger charge is -2.24. The summed E-state index contributed by atoms with van der Waals surface area (Å²) in [5, 5.41) is 18.6. The summed E-state index contributed by atoms with van der Waals surface area (Å²) >= 11 is 0. The number of hydrazine groups is 1. The number of hydrogen-bond acceptors (Lipinski definition) is 6. The summed E-state index contributed by atoms with van der Waals surface area (Å²) in [5.41, 5.74) is 8.71. The van der Waals surface area contributed by atoms with Gasteiger partial charge < -0.3 is 5.11 Å². The van der Waals surface area contributed by atoms with Crippen LogP contribution in [-0.4, -0.2) is 30.6 Å². The van der Waals surface area contributed by atoms with Gasteiger partial charge >= 0.3 is 0 Å². The molecule has 3 heterocycles. The molecular weight excluding hydrogens is 408 g/mol. The molecule has 4 aromatic rings. The van der Waals surface area contributed by atoms with E-state index in [1.807, 2.05) is 24.3 Å². The van der Waals surface area contributed by atoms with Crippen molar-refractivity contribution >= 4 is 5.91 Å². The molecule has 0 aliphatic carbocycles. The molecule has 5 rings (SSSR count). The Kier molecular flexibility index (Phi) is 5.00. The van der Waals surface area contributed by atoms with Crippen LogP contribution in [0.25, 0.3) is 22.8 Å². The first-order valence-corrected chi connectivity index (χ1v) is 10.2. The average molecular weight is 428 g/mol. The first kappa shape index (κ1) is 19.7. The lowest BCUT2D eigenvalue weighted by molar-refractivity contribution is -0.124. The quantitative estimate of drug-likeness (QED) is 0.459. The predicted molar refractivity (Wildman–Crippen MR) is 117 cm³/mol. The number of rotatable bonds is 4. The van der Waals surface area contributed by atoms with Crippen LogP contribution in [0.5, 0.6) is 5.75 Å². The van der Waals surface area contributed by atoms with E-state index in [2.05, 4.69) is 21.0 Å². The van der Waals surface area contributed by atoms with Crippen LogP contribution < -0.4 is 16.3 Å². The monoisotopic (exact) mass is 428 g/mol. The number of phenolic OH excluding ortho intramolecular Hbond substituents is 1. The van der Waals surface area contributed by atoms with Gasteiger partial charge in [0.25, 0.3) is 0 Å². The maximum Gasteiger partial charge on any atom is 0.234 e. The molecule has 0 spiro atoms. The zero-order valence-electron chi connectivity index (χ0n) is 17.0. The van der Waals surface area contributed by atoms with Crippen LogP contribution in [-0.2, 0) is 4.79 Å². The molecule has 1 unspecified atom stereocenters. The second kappa shape index (κ2) is 8.12. The molecule has 0 saturated carbocycles. The highest BCUT2D eigenvalue weighted by atomic mass is 16.3. The van der Waals surface area contributed by atoms with Crippen molar-refractivity contribution in [3.8, 4) is 28.5 Å². The zero-order valence-corrected chi connectivity index (χ0v) is 17.0. The van der Waals surface area contributed by atoms with Crippen LogP contribution in [0.15, 0.2) is 77.9 Å². The Morgan fingerprint density at radius 1 is 1.00 bits per heavy atom. The average Bonchev–Trinajstić information content (AvgIpc) is 3.30. The van der Waals surface area contributed by atoms with Crippen molar-refractivity contribution in [1.82, 2.24) is 30.4 Å². The van der Waals surface area contributed by atoms with Crippen LogP contribution in [0.3, 0.4) is 0 Å². The molecule has 0 bridgehead atoms. The molecule has 32 heavy (non-hydrogen) atoms. The van der Waals surface area contributed by atoms with Crippen molar-refractivity contribution in [2.24, 2.45) is 0 Å². The van der Waals surface area contributed by atoms with Gasteiger partial charge in [0.15, 0.2) is 5.69 Å². The van der Waals surface area contributed by atoms with Gasteiger partial charge in [0.2, 0.25) is 11.3 Å². The molecule has 3 N–H and O–H groups in total. The molecule has 1 fully saturated rings. The van der Waals surface area contributed by atoms with E-state index in [9.17, 15) is 14.7 Å². The fourth-order valence-corrected chi connectivity index (χ4v) is 3.73. The van der Waals surface area contributed by atoms with Crippen molar-refractivity contribution in [2.45, 2.75) is 18.9 Å². The summed E-state index contributed by atoms with van der Waals surface area (Å²) in [4.78, 5) is 24.0. The minimum absolute atomic E-state index is 0.00853. The van der Waals surface area contributed by atoms with Gasteiger partial charge in [-0.05, 0) is 42.3 Å². The van der Waals surface area contributed by atoms with Crippen LogP contribution in [0, 0.1) is 0 Å². The lowest BCUT2D eigenvalue weighted by Crippen LogP contribution is -2.44. The summed E-state index contributed by atoms with van der Waals surface area (Å²) in [5.74, 6) is 0.104. The molecule has 2 aromatic carbocycles. The molecular formula is C23H20N6O3. The van der Waals surface area contributed by atoms with E-state index in [4.69, 9.17) is 0 Å². The minimum atomic E-state index is -0.234. The molecule has 1 aliphatic heterocycles. The predicted octanol–water partition coefficient (Wildman–Crippen LogP) is 2.25. The number of carbonyl (C=O) groups is 1.